The van der Waals surface area contributed by atoms with Crippen LogP contribution in [0.5, 0.6) is 0 Å². The van der Waals surface area contributed by atoms with E-state index in [9.17, 15) is 9.59 Å². The summed E-state index contributed by atoms with van der Waals surface area (Å²) in [5.74, 6) is -0.253. The van der Waals surface area contributed by atoms with Crippen molar-refractivity contribution in [2.75, 3.05) is 11.5 Å². The number of anilines is 1. The van der Waals surface area contributed by atoms with Gasteiger partial charge in [0.25, 0.3) is 5.91 Å². The van der Waals surface area contributed by atoms with E-state index in [1.165, 1.54) is 4.90 Å². The number of nitrogens with zero attached hydrogens (tertiary/aromatic N) is 2. The fourth-order valence-electron chi connectivity index (χ4n) is 2.86. The molecule has 1 saturated heterocycles. The highest BCUT2D eigenvalue weighted by Crippen LogP contribution is 2.22. The van der Waals surface area contributed by atoms with Gasteiger partial charge in [-0.1, -0.05) is 60.3 Å². The normalized spacial score (nSPS) is 17.0. The Morgan fingerprint density at radius 3 is 2.56 bits per heavy atom. The van der Waals surface area contributed by atoms with E-state index in [0.29, 0.717) is 24.4 Å². The fourth-order valence-corrected chi connectivity index (χ4v) is 2.86. The monoisotopic (exact) mass is 363 g/mol. The summed E-state index contributed by atoms with van der Waals surface area (Å²) < 4.78 is 0. The lowest BCUT2D eigenvalue weighted by atomic mass is 10.1. The quantitative estimate of drug-likeness (QED) is 0.270. The van der Waals surface area contributed by atoms with Gasteiger partial charge in [0.1, 0.15) is 12.6 Å². The van der Waals surface area contributed by atoms with Crippen LogP contribution in [-0.4, -0.2) is 30.3 Å². The molecule has 0 radical (unpaired) electrons. The van der Waals surface area contributed by atoms with Gasteiger partial charge in [-0.25, -0.2) is 9.69 Å². The molecule has 0 saturated carbocycles. The van der Waals surface area contributed by atoms with Crippen LogP contribution in [0.2, 0.25) is 0 Å². The van der Waals surface area contributed by atoms with Crippen LogP contribution in [0.25, 0.3) is 0 Å². The fraction of sp³-hybridized carbons (Fsp3) is 0.190. The topological polar surface area (TPSA) is 71.0 Å². The summed E-state index contributed by atoms with van der Waals surface area (Å²) in [5.41, 5.74) is 3.06. The molecule has 1 aliphatic rings. The first-order valence-electron chi connectivity index (χ1n) is 8.66. The van der Waals surface area contributed by atoms with Crippen LogP contribution in [-0.2, 0) is 16.1 Å². The van der Waals surface area contributed by atoms with Crippen LogP contribution in [0, 0.1) is 0 Å². The van der Waals surface area contributed by atoms with Gasteiger partial charge in [-0.15, -0.1) is 0 Å². The molecule has 1 unspecified atom stereocenters. The van der Waals surface area contributed by atoms with Gasteiger partial charge < -0.3 is 10.2 Å². The summed E-state index contributed by atoms with van der Waals surface area (Å²) in [7, 11) is 0. The first-order chi connectivity index (χ1) is 13.1. The Balaban J connectivity index is 1.72. The summed E-state index contributed by atoms with van der Waals surface area (Å²) in [6.07, 6.45) is 2.08. The van der Waals surface area contributed by atoms with Crippen molar-refractivity contribution in [2.45, 2.75) is 19.4 Å². The number of carbonyl (C=O) groups excluding carboxylic acids is 2. The second kappa shape index (κ2) is 8.31. The molecule has 3 amide bonds. The molecule has 1 N–H and O–H groups in total. The average molecular weight is 363 g/mol. The molecule has 6 nitrogen and oxygen atoms in total. The Labute approximate surface area is 158 Å². The van der Waals surface area contributed by atoms with E-state index in [4.69, 9.17) is 4.84 Å². The predicted octanol–water partition coefficient (Wildman–Crippen LogP) is 3.28. The van der Waals surface area contributed by atoms with E-state index in [1.807, 2.05) is 37.3 Å². The van der Waals surface area contributed by atoms with Gasteiger partial charge in [-0.3, -0.25) is 4.79 Å². The number of amides is 3. The van der Waals surface area contributed by atoms with Crippen LogP contribution in [0.15, 0.2) is 72.4 Å². The smallest absolute Gasteiger partial charge is 0.329 e. The number of rotatable bonds is 7. The second-order valence-electron chi connectivity index (χ2n) is 6.17. The lowest BCUT2D eigenvalue weighted by molar-refractivity contribution is -0.118. The Bertz CT molecular complexity index is 860. The SMILES string of the molecule is C=CCON=C(C)c1ccc(N2C(=O)NC(Cc3ccccc3)C2=O)cc1. The summed E-state index contributed by atoms with van der Waals surface area (Å²) in [6, 6.07) is 15.7. The predicted molar refractivity (Wildman–Crippen MR) is 105 cm³/mol. The number of nitrogens with one attached hydrogen (secondary N) is 1. The number of hydrogen-bond donors (Lipinski definition) is 1. The lowest BCUT2D eigenvalue weighted by Crippen LogP contribution is -2.32. The number of urea groups is 1. The minimum absolute atomic E-state index is 0.253. The molecule has 3 rings (SSSR count). The molecule has 1 fully saturated rings. The maximum absolute atomic E-state index is 12.7. The standard InChI is InChI=1S/C21H21N3O3/c1-3-13-27-23-15(2)17-9-11-18(12-10-17)24-20(25)19(22-21(24)26)14-16-7-5-4-6-8-16/h3-12,19H,1,13-14H2,2H3,(H,22,26). The Kier molecular flexibility index (Phi) is 5.66. The average Bonchev–Trinajstić information content (AvgIpc) is 2.96. The van der Waals surface area contributed by atoms with Gasteiger partial charge in [-0.2, -0.15) is 0 Å². The van der Waals surface area contributed by atoms with Crippen molar-refractivity contribution in [1.82, 2.24) is 5.32 Å². The maximum atomic E-state index is 12.7. The highest BCUT2D eigenvalue weighted by Gasteiger charge is 2.38. The molecule has 1 atom stereocenters. The van der Waals surface area contributed by atoms with Crippen molar-refractivity contribution in [1.29, 1.82) is 0 Å². The van der Waals surface area contributed by atoms with E-state index in [-0.39, 0.29) is 5.91 Å². The van der Waals surface area contributed by atoms with Gasteiger partial charge in [-0.05, 0) is 30.2 Å². The third kappa shape index (κ3) is 4.23. The zero-order valence-electron chi connectivity index (χ0n) is 15.1. The number of imide groups is 1. The molecule has 138 valence electrons. The minimum Gasteiger partial charge on any atom is -0.391 e. The Hall–Kier alpha value is -3.41. The third-order valence-corrected chi connectivity index (χ3v) is 4.24. The van der Waals surface area contributed by atoms with E-state index in [0.717, 1.165) is 11.1 Å². The van der Waals surface area contributed by atoms with E-state index < -0.39 is 12.1 Å². The van der Waals surface area contributed by atoms with Crippen LogP contribution in [0.4, 0.5) is 10.5 Å². The van der Waals surface area contributed by atoms with Crippen molar-refractivity contribution >= 4 is 23.3 Å². The lowest BCUT2D eigenvalue weighted by Gasteiger charge is -2.13. The zero-order chi connectivity index (χ0) is 19.2. The van der Waals surface area contributed by atoms with Crippen molar-refractivity contribution in [2.24, 2.45) is 5.16 Å². The summed E-state index contributed by atoms with van der Waals surface area (Å²) in [6.45, 7) is 5.72. The number of carbonyl (C=O) groups is 2. The molecule has 6 heteroatoms. The first kappa shape index (κ1) is 18.4. The van der Waals surface area contributed by atoms with E-state index in [1.54, 1.807) is 30.3 Å². The molecule has 0 aromatic heterocycles. The molecule has 1 heterocycles. The zero-order valence-corrected chi connectivity index (χ0v) is 15.1. The third-order valence-electron chi connectivity index (χ3n) is 4.24. The molecular formula is C21H21N3O3. The van der Waals surface area contributed by atoms with E-state index >= 15 is 0 Å². The Morgan fingerprint density at radius 1 is 1.19 bits per heavy atom. The van der Waals surface area contributed by atoms with Crippen molar-refractivity contribution in [3.63, 3.8) is 0 Å². The van der Waals surface area contributed by atoms with Gasteiger partial charge in [0.05, 0.1) is 11.4 Å². The molecule has 2 aromatic rings. The highest BCUT2D eigenvalue weighted by atomic mass is 16.6. The van der Waals surface area contributed by atoms with Gasteiger partial charge >= 0.3 is 6.03 Å². The number of oxime groups is 1. The largest absolute Gasteiger partial charge is 0.391 e. The van der Waals surface area contributed by atoms with Gasteiger partial charge in [0.2, 0.25) is 0 Å². The second-order valence-corrected chi connectivity index (χ2v) is 6.17. The molecule has 0 bridgehead atoms. The molecular weight excluding hydrogens is 342 g/mol. The van der Waals surface area contributed by atoms with Crippen molar-refractivity contribution < 1.29 is 14.4 Å². The molecule has 0 spiro atoms. The summed E-state index contributed by atoms with van der Waals surface area (Å²) >= 11 is 0. The van der Waals surface area contributed by atoms with Crippen LogP contribution >= 0.6 is 0 Å². The highest BCUT2D eigenvalue weighted by molar-refractivity contribution is 6.21. The molecule has 1 aliphatic heterocycles. The van der Waals surface area contributed by atoms with Crippen molar-refractivity contribution in [3.05, 3.63) is 78.4 Å². The number of benzene rings is 2. The van der Waals surface area contributed by atoms with Gasteiger partial charge in [0, 0.05) is 6.42 Å². The Morgan fingerprint density at radius 2 is 1.89 bits per heavy atom. The first-order valence-corrected chi connectivity index (χ1v) is 8.66. The summed E-state index contributed by atoms with van der Waals surface area (Å²) in [5, 5.41) is 6.74. The van der Waals surface area contributed by atoms with Crippen LogP contribution in [0.3, 0.4) is 0 Å². The van der Waals surface area contributed by atoms with Crippen LogP contribution < -0.4 is 10.2 Å². The molecule has 2 aromatic carbocycles. The number of hydrogen-bond acceptors (Lipinski definition) is 4. The molecule has 27 heavy (non-hydrogen) atoms. The summed E-state index contributed by atoms with van der Waals surface area (Å²) in [4.78, 5) is 31.3. The van der Waals surface area contributed by atoms with Gasteiger partial charge in [0.15, 0.2) is 0 Å². The maximum Gasteiger partial charge on any atom is 0.329 e. The van der Waals surface area contributed by atoms with E-state index in [2.05, 4.69) is 17.1 Å². The van der Waals surface area contributed by atoms with Crippen LogP contribution in [0.1, 0.15) is 18.1 Å². The minimum atomic E-state index is -0.560. The molecule has 0 aliphatic carbocycles. The van der Waals surface area contributed by atoms with Crippen molar-refractivity contribution in [3.8, 4) is 0 Å².